The molecule has 2 atom stereocenters. The Kier molecular flexibility index (Phi) is 6.60. The first-order chi connectivity index (χ1) is 13.2. The summed E-state index contributed by atoms with van der Waals surface area (Å²) >= 11 is 0. The van der Waals surface area contributed by atoms with Gasteiger partial charge in [0.05, 0.1) is 28.9 Å². The minimum absolute atomic E-state index is 0.0179. The molecule has 1 amide bonds. The van der Waals surface area contributed by atoms with Crippen LogP contribution in [0.1, 0.15) is 46.0 Å². The lowest BCUT2D eigenvalue weighted by Gasteiger charge is -2.37. The number of hydrogen-bond donors (Lipinski definition) is 1. The lowest BCUT2D eigenvalue weighted by Crippen LogP contribution is -2.45. The fraction of sp³-hybridized carbons (Fsp3) is 0.650. The Hall–Kier alpha value is -1.67. The zero-order chi connectivity index (χ0) is 20.3. The van der Waals surface area contributed by atoms with Gasteiger partial charge in [-0.3, -0.25) is 4.79 Å². The first kappa shape index (κ1) is 21.0. The number of ether oxygens (including phenoxy) is 1. The van der Waals surface area contributed by atoms with Gasteiger partial charge in [0.2, 0.25) is 5.91 Å². The third kappa shape index (κ3) is 5.23. The first-order valence-corrected chi connectivity index (χ1v) is 11.7. The molecule has 1 aromatic rings. The van der Waals surface area contributed by atoms with Crippen molar-refractivity contribution in [1.29, 1.82) is 0 Å². The van der Waals surface area contributed by atoms with Crippen LogP contribution < -0.4 is 10.2 Å². The third-order valence-corrected chi connectivity index (χ3v) is 7.68. The van der Waals surface area contributed by atoms with Crippen molar-refractivity contribution in [3.05, 3.63) is 24.0 Å². The number of nitrogens with one attached hydrogen (secondary N) is 1. The van der Waals surface area contributed by atoms with Crippen LogP contribution in [0.25, 0.3) is 0 Å². The normalized spacial score (nSPS) is 23.8. The summed E-state index contributed by atoms with van der Waals surface area (Å²) in [5.41, 5.74) is 0.808. The van der Waals surface area contributed by atoms with Crippen LogP contribution >= 0.6 is 0 Å². The van der Waals surface area contributed by atoms with Crippen LogP contribution in [-0.4, -0.2) is 50.6 Å². The number of rotatable bonds is 6. The van der Waals surface area contributed by atoms with Crippen molar-refractivity contribution in [3.63, 3.8) is 0 Å². The molecule has 6 nitrogen and oxygen atoms in total. The number of morpholine rings is 1. The summed E-state index contributed by atoms with van der Waals surface area (Å²) in [6.45, 7) is 5.11. The second-order valence-electron chi connectivity index (χ2n) is 7.90. The van der Waals surface area contributed by atoms with Gasteiger partial charge in [-0.1, -0.05) is 12.8 Å². The number of nitrogens with zero attached hydrogens (tertiary/aromatic N) is 1. The van der Waals surface area contributed by atoms with E-state index in [0.29, 0.717) is 37.3 Å². The van der Waals surface area contributed by atoms with Crippen molar-refractivity contribution in [2.75, 3.05) is 29.1 Å². The number of halogens is 1. The molecule has 1 aliphatic carbocycles. The predicted molar refractivity (Wildman–Crippen MR) is 108 cm³/mol. The Morgan fingerprint density at radius 3 is 2.46 bits per heavy atom. The van der Waals surface area contributed by atoms with E-state index in [2.05, 4.69) is 5.32 Å². The van der Waals surface area contributed by atoms with Gasteiger partial charge in [-0.25, -0.2) is 12.8 Å². The van der Waals surface area contributed by atoms with Crippen LogP contribution in [0.4, 0.5) is 15.8 Å². The number of benzene rings is 1. The highest BCUT2D eigenvalue weighted by Gasteiger charge is 2.29. The summed E-state index contributed by atoms with van der Waals surface area (Å²) in [6, 6.07) is 4.57. The molecule has 156 valence electrons. The monoisotopic (exact) mass is 412 g/mol. The minimum atomic E-state index is -3.24. The van der Waals surface area contributed by atoms with Gasteiger partial charge in [0.1, 0.15) is 5.82 Å². The van der Waals surface area contributed by atoms with E-state index >= 15 is 0 Å². The number of sulfone groups is 1. The highest BCUT2D eigenvalue weighted by atomic mass is 32.2. The molecule has 3 rings (SSSR count). The van der Waals surface area contributed by atoms with Crippen LogP contribution in [0, 0.1) is 5.82 Å². The molecule has 1 N–H and O–H groups in total. The Morgan fingerprint density at radius 2 is 1.86 bits per heavy atom. The summed E-state index contributed by atoms with van der Waals surface area (Å²) in [5.74, 6) is -0.992. The number of carbonyl (C=O) groups is 1. The molecule has 1 aliphatic heterocycles. The maximum Gasteiger partial charge on any atom is 0.225 e. The zero-order valence-corrected chi connectivity index (χ0v) is 17.3. The van der Waals surface area contributed by atoms with Crippen molar-refractivity contribution >= 4 is 27.1 Å². The van der Waals surface area contributed by atoms with Gasteiger partial charge in [-0.2, -0.15) is 0 Å². The second kappa shape index (κ2) is 8.78. The maximum atomic E-state index is 14.6. The van der Waals surface area contributed by atoms with Gasteiger partial charge >= 0.3 is 0 Å². The van der Waals surface area contributed by atoms with E-state index in [1.54, 1.807) is 12.1 Å². The average molecular weight is 413 g/mol. The van der Waals surface area contributed by atoms with Gasteiger partial charge in [-0.05, 0) is 44.9 Å². The van der Waals surface area contributed by atoms with E-state index in [1.165, 1.54) is 6.07 Å². The molecule has 0 radical (unpaired) electrons. The molecule has 0 spiro atoms. The van der Waals surface area contributed by atoms with Gasteiger partial charge in [0.15, 0.2) is 9.84 Å². The van der Waals surface area contributed by atoms with E-state index in [0.717, 1.165) is 12.8 Å². The Labute approximate surface area is 166 Å². The number of amides is 1. The largest absolute Gasteiger partial charge is 0.372 e. The van der Waals surface area contributed by atoms with Gasteiger partial charge in [0, 0.05) is 25.2 Å². The molecule has 1 saturated carbocycles. The molecule has 1 heterocycles. The van der Waals surface area contributed by atoms with Crippen LogP contribution in [0.2, 0.25) is 0 Å². The minimum Gasteiger partial charge on any atom is -0.372 e. The Bertz CT molecular complexity index is 798. The molecule has 28 heavy (non-hydrogen) atoms. The topological polar surface area (TPSA) is 75.7 Å². The van der Waals surface area contributed by atoms with Crippen molar-refractivity contribution in [3.8, 4) is 0 Å². The third-order valence-electron chi connectivity index (χ3n) is 5.42. The van der Waals surface area contributed by atoms with Crippen LogP contribution in [0.15, 0.2) is 18.2 Å². The smallest absolute Gasteiger partial charge is 0.225 e. The molecule has 0 aromatic heterocycles. The molecule has 1 saturated heterocycles. The molecule has 2 fully saturated rings. The molecule has 2 aliphatic rings. The number of carbonyl (C=O) groups excluding carboxylic acids is 1. The van der Waals surface area contributed by atoms with Crippen molar-refractivity contribution in [2.24, 2.45) is 0 Å². The second-order valence-corrected chi connectivity index (χ2v) is 10.3. The van der Waals surface area contributed by atoms with Gasteiger partial charge < -0.3 is 15.0 Å². The van der Waals surface area contributed by atoms with Crippen LogP contribution in [0.3, 0.4) is 0 Å². The summed E-state index contributed by atoms with van der Waals surface area (Å²) in [5, 5.41) is 2.30. The summed E-state index contributed by atoms with van der Waals surface area (Å²) < 4.78 is 44.8. The maximum absolute atomic E-state index is 14.6. The van der Waals surface area contributed by atoms with Crippen molar-refractivity contribution in [2.45, 2.75) is 63.4 Å². The zero-order valence-electron chi connectivity index (χ0n) is 16.5. The Morgan fingerprint density at radius 1 is 1.21 bits per heavy atom. The highest BCUT2D eigenvalue weighted by molar-refractivity contribution is 7.92. The molecular weight excluding hydrogens is 383 g/mol. The lowest BCUT2D eigenvalue weighted by molar-refractivity contribution is -0.115. The van der Waals surface area contributed by atoms with Gasteiger partial charge in [-0.15, -0.1) is 0 Å². The van der Waals surface area contributed by atoms with E-state index in [9.17, 15) is 17.6 Å². The quantitative estimate of drug-likeness (QED) is 0.777. The SMILES string of the molecule is C[C@@H]1CN(c2ccc(NC(=O)CCS(=O)(=O)C3CCCC3)cc2F)C[C@H](C)O1. The van der Waals surface area contributed by atoms with Crippen molar-refractivity contribution in [1.82, 2.24) is 0 Å². The summed E-state index contributed by atoms with van der Waals surface area (Å²) in [4.78, 5) is 14.1. The van der Waals surface area contributed by atoms with E-state index in [-0.39, 0.29) is 29.6 Å². The van der Waals surface area contributed by atoms with Gasteiger partial charge in [0.25, 0.3) is 0 Å². The van der Waals surface area contributed by atoms with E-state index in [4.69, 9.17) is 4.74 Å². The molecule has 0 bridgehead atoms. The number of hydrogen-bond acceptors (Lipinski definition) is 5. The number of anilines is 2. The molecular formula is C20H29FN2O4S. The average Bonchev–Trinajstić information content (AvgIpc) is 3.15. The summed E-state index contributed by atoms with van der Waals surface area (Å²) in [6.07, 6.45) is 3.17. The fourth-order valence-electron chi connectivity index (χ4n) is 4.09. The molecule has 0 unspecified atom stereocenters. The highest BCUT2D eigenvalue weighted by Crippen LogP contribution is 2.27. The molecule has 8 heteroatoms. The van der Waals surface area contributed by atoms with E-state index < -0.39 is 21.6 Å². The lowest BCUT2D eigenvalue weighted by atomic mass is 10.2. The van der Waals surface area contributed by atoms with Crippen molar-refractivity contribution < 1.29 is 22.3 Å². The van der Waals surface area contributed by atoms with Crippen LogP contribution in [0.5, 0.6) is 0 Å². The van der Waals surface area contributed by atoms with E-state index in [1.807, 2.05) is 18.7 Å². The fourth-order valence-corrected chi connectivity index (χ4v) is 5.94. The Balaban J connectivity index is 1.57. The molecule has 1 aromatic carbocycles. The first-order valence-electron chi connectivity index (χ1n) is 9.96. The standard InChI is InChI=1S/C20H29FN2O4S/c1-14-12-23(13-15(2)27-14)19-8-7-16(11-18(19)21)22-20(24)9-10-28(25,26)17-5-3-4-6-17/h7-8,11,14-15,17H,3-6,9-10,12-13H2,1-2H3,(H,22,24)/t14-,15+. The van der Waals surface area contributed by atoms with Crippen LogP contribution in [-0.2, 0) is 19.4 Å². The predicted octanol–water partition coefficient (Wildman–Crippen LogP) is 3.13. The summed E-state index contributed by atoms with van der Waals surface area (Å²) in [7, 11) is -3.24.